The third-order valence-corrected chi connectivity index (χ3v) is 4.21. The van der Waals surface area contributed by atoms with Gasteiger partial charge in [-0.25, -0.2) is 9.97 Å². The fourth-order valence-electron chi connectivity index (χ4n) is 2.33. The summed E-state index contributed by atoms with van der Waals surface area (Å²) in [5.41, 5.74) is 9.65. The van der Waals surface area contributed by atoms with Crippen LogP contribution in [0, 0.1) is 6.92 Å². The largest absolute Gasteiger partial charge is 0.399 e. The summed E-state index contributed by atoms with van der Waals surface area (Å²) in [5.74, 6) is 0.997. The average molecular weight is 301 g/mol. The van der Waals surface area contributed by atoms with Crippen molar-refractivity contribution in [2.75, 3.05) is 19.3 Å². The van der Waals surface area contributed by atoms with Crippen molar-refractivity contribution in [1.29, 1.82) is 0 Å². The second-order valence-corrected chi connectivity index (χ2v) is 6.37. The van der Waals surface area contributed by atoms with E-state index in [4.69, 9.17) is 5.73 Å². The number of nitrogens with one attached hydrogen (secondary N) is 1. The van der Waals surface area contributed by atoms with Crippen molar-refractivity contribution in [3.63, 3.8) is 0 Å². The lowest BCUT2D eigenvalue weighted by molar-refractivity contribution is 0.325. The van der Waals surface area contributed by atoms with Gasteiger partial charge in [-0.15, -0.1) is 11.3 Å². The predicted molar refractivity (Wildman–Crippen MR) is 87.4 cm³/mol. The van der Waals surface area contributed by atoms with Crippen molar-refractivity contribution in [1.82, 2.24) is 19.9 Å². The highest BCUT2D eigenvalue weighted by Crippen LogP contribution is 2.15. The van der Waals surface area contributed by atoms with Crippen molar-refractivity contribution >= 4 is 28.1 Å². The lowest BCUT2D eigenvalue weighted by Crippen LogP contribution is -2.21. The zero-order chi connectivity index (χ0) is 14.8. The lowest BCUT2D eigenvalue weighted by atomic mass is 10.3. The van der Waals surface area contributed by atoms with Gasteiger partial charge in [-0.3, -0.25) is 0 Å². The Bertz CT molecular complexity index is 745. The van der Waals surface area contributed by atoms with E-state index in [-0.39, 0.29) is 0 Å². The van der Waals surface area contributed by atoms with Crippen LogP contribution in [0.15, 0.2) is 23.6 Å². The molecule has 1 aromatic carbocycles. The van der Waals surface area contributed by atoms with Crippen LogP contribution < -0.4 is 5.73 Å². The summed E-state index contributed by atoms with van der Waals surface area (Å²) >= 11 is 1.70. The van der Waals surface area contributed by atoms with Gasteiger partial charge in [-0.05, 0) is 32.2 Å². The molecular formula is C15H19N5S. The molecule has 0 aliphatic rings. The van der Waals surface area contributed by atoms with Gasteiger partial charge >= 0.3 is 0 Å². The Labute approximate surface area is 127 Å². The van der Waals surface area contributed by atoms with Crippen molar-refractivity contribution in [2.45, 2.75) is 19.9 Å². The minimum atomic E-state index is 0.758. The van der Waals surface area contributed by atoms with Gasteiger partial charge in [0.25, 0.3) is 0 Å². The van der Waals surface area contributed by atoms with Crippen molar-refractivity contribution in [2.24, 2.45) is 0 Å². The molecule has 0 amide bonds. The highest BCUT2D eigenvalue weighted by Gasteiger charge is 2.07. The molecule has 3 rings (SSSR count). The number of aryl methyl sites for hydroxylation is 1. The number of nitrogen functional groups attached to an aromatic ring is 1. The SMILES string of the molecule is Cc1nc(CN(C)CCc2nc3ccc(N)cc3[nH]2)cs1. The summed E-state index contributed by atoms with van der Waals surface area (Å²) in [6.45, 7) is 3.84. The number of aromatic nitrogens is 3. The first-order chi connectivity index (χ1) is 10.1. The van der Waals surface area contributed by atoms with Crippen LogP contribution in [0.3, 0.4) is 0 Å². The van der Waals surface area contributed by atoms with E-state index in [1.165, 1.54) is 0 Å². The molecule has 5 nitrogen and oxygen atoms in total. The maximum atomic E-state index is 5.78. The molecule has 0 fully saturated rings. The third kappa shape index (κ3) is 3.40. The van der Waals surface area contributed by atoms with Gasteiger partial charge in [0.05, 0.1) is 21.7 Å². The number of nitrogens with zero attached hydrogens (tertiary/aromatic N) is 3. The number of thiazole rings is 1. The number of nitrogens with two attached hydrogens (primary N) is 1. The normalized spacial score (nSPS) is 11.6. The number of hydrogen-bond acceptors (Lipinski definition) is 5. The number of hydrogen-bond donors (Lipinski definition) is 2. The van der Waals surface area contributed by atoms with E-state index >= 15 is 0 Å². The molecule has 6 heteroatoms. The van der Waals surface area contributed by atoms with E-state index in [0.717, 1.165) is 52.8 Å². The van der Waals surface area contributed by atoms with Gasteiger partial charge in [0.2, 0.25) is 0 Å². The summed E-state index contributed by atoms with van der Waals surface area (Å²) in [5, 5.41) is 3.24. The number of aromatic amines is 1. The average Bonchev–Trinajstić information content (AvgIpc) is 3.02. The quantitative estimate of drug-likeness (QED) is 0.711. The van der Waals surface area contributed by atoms with Gasteiger partial charge < -0.3 is 15.6 Å². The highest BCUT2D eigenvalue weighted by atomic mass is 32.1. The van der Waals surface area contributed by atoms with Crippen LogP contribution in [0.4, 0.5) is 5.69 Å². The Balaban J connectivity index is 1.60. The predicted octanol–water partition coefficient (Wildman–Crippen LogP) is 2.58. The summed E-state index contributed by atoms with van der Waals surface area (Å²) in [6.07, 6.45) is 0.883. The summed E-state index contributed by atoms with van der Waals surface area (Å²) in [6, 6.07) is 5.75. The maximum absolute atomic E-state index is 5.78. The fourth-order valence-corrected chi connectivity index (χ4v) is 2.94. The number of H-pyrrole nitrogens is 1. The molecule has 2 aromatic heterocycles. The lowest BCUT2D eigenvalue weighted by Gasteiger charge is -2.13. The van der Waals surface area contributed by atoms with E-state index in [9.17, 15) is 0 Å². The molecule has 0 atom stereocenters. The van der Waals surface area contributed by atoms with E-state index in [2.05, 4.69) is 32.3 Å². The monoisotopic (exact) mass is 301 g/mol. The molecule has 3 N–H and O–H groups in total. The van der Waals surface area contributed by atoms with Crippen LogP contribution in [0.2, 0.25) is 0 Å². The third-order valence-electron chi connectivity index (χ3n) is 3.38. The Morgan fingerprint density at radius 1 is 1.33 bits per heavy atom. The number of imidazole rings is 1. The van der Waals surface area contributed by atoms with Gasteiger partial charge in [-0.2, -0.15) is 0 Å². The van der Waals surface area contributed by atoms with Gasteiger partial charge in [-0.1, -0.05) is 0 Å². The van der Waals surface area contributed by atoms with Gasteiger partial charge in [0, 0.05) is 30.6 Å². The van der Waals surface area contributed by atoms with Crippen LogP contribution in [-0.4, -0.2) is 33.4 Å². The van der Waals surface area contributed by atoms with Crippen LogP contribution in [-0.2, 0) is 13.0 Å². The minimum Gasteiger partial charge on any atom is -0.399 e. The highest BCUT2D eigenvalue weighted by molar-refractivity contribution is 7.09. The van der Waals surface area contributed by atoms with Crippen LogP contribution in [0.5, 0.6) is 0 Å². The number of anilines is 1. The molecule has 0 aliphatic heterocycles. The fraction of sp³-hybridized carbons (Fsp3) is 0.333. The molecule has 0 saturated carbocycles. The van der Waals surface area contributed by atoms with Crippen LogP contribution in [0.25, 0.3) is 11.0 Å². The smallest absolute Gasteiger partial charge is 0.108 e. The Morgan fingerprint density at radius 3 is 2.95 bits per heavy atom. The maximum Gasteiger partial charge on any atom is 0.108 e. The molecule has 0 spiro atoms. The summed E-state index contributed by atoms with van der Waals surface area (Å²) < 4.78 is 0. The first kappa shape index (κ1) is 14.0. The van der Waals surface area contributed by atoms with Gasteiger partial charge in [0.15, 0.2) is 0 Å². The molecule has 0 bridgehead atoms. The van der Waals surface area contributed by atoms with Gasteiger partial charge in [0.1, 0.15) is 5.82 Å². The van der Waals surface area contributed by atoms with Crippen LogP contribution >= 0.6 is 11.3 Å². The standard InChI is InChI=1S/C15H19N5S/c1-10-17-12(9-21-10)8-20(2)6-5-15-18-13-4-3-11(16)7-14(13)19-15/h3-4,7,9H,5-6,8,16H2,1-2H3,(H,18,19). The molecule has 2 heterocycles. The molecule has 0 aliphatic carbocycles. The summed E-state index contributed by atoms with van der Waals surface area (Å²) in [7, 11) is 2.11. The molecule has 0 unspecified atom stereocenters. The van der Waals surface area contributed by atoms with E-state index in [0.29, 0.717) is 0 Å². The van der Waals surface area contributed by atoms with Crippen molar-refractivity contribution in [3.05, 3.63) is 40.1 Å². The Hall–Kier alpha value is -1.92. The minimum absolute atomic E-state index is 0.758. The molecule has 21 heavy (non-hydrogen) atoms. The van der Waals surface area contributed by atoms with E-state index < -0.39 is 0 Å². The van der Waals surface area contributed by atoms with Crippen molar-refractivity contribution in [3.8, 4) is 0 Å². The molecule has 0 saturated heterocycles. The second-order valence-electron chi connectivity index (χ2n) is 5.31. The number of rotatable bonds is 5. The molecule has 3 aromatic rings. The molecule has 110 valence electrons. The molecule has 0 radical (unpaired) electrons. The van der Waals surface area contributed by atoms with Crippen LogP contribution in [0.1, 0.15) is 16.5 Å². The summed E-state index contributed by atoms with van der Waals surface area (Å²) in [4.78, 5) is 14.7. The zero-order valence-corrected chi connectivity index (χ0v) is 13.1. The number of fused-ring (bicyclic) bond motifs is 1. The molecular weight excluding hydrogens is 282 g/mol. The zero-order valence-electron chi connectivity index (χ0n) is 12.3. The number of benzene rings is 1. The first-order valence-electron chi connectivity index (χ1n) is 6.94. The van der Waals surface area contributed by atoms with E-state index in [1.54, 1.807) is 11.3 Å². The second kappa shape index (κ2) is 5.83. The van der Waals surface area contributed by atoms with Crippen molar-refractivity contribution < 1.29 is 0 Å². The Morgan fingerprint density at radius 2 is 2.19 bits per heavy atom. The first-order valence-corrected chi connectivity index (χ1v) is 7.82. The Kier molecular flexibility index (Phi) is 3.90. The number of likely N-dealkylation sites (N-methyl/N-ethyl adjacent to an activating group) is 1. The van der Waals surface area contributed by atoms with E-state index in [1.807, 2.05) is 25.1 Å². The topological polar surface area (TPSA) is 70.8 Å².